The molecule has 0 unspecified atom stereocenters. The second kappa shape index (κ2) is 9.60. The Kier molecular flexibility index (Phi) is 12.4. The Morgan fingerprint density at radius 3 is 0.480 bits per heavy atom. The van der Waals surface area contributed by atoms with Gasteiger partial charge in [0.1, 0.15) is 0 Å². The van der Waals surface area contributed by atoms with E-state index in [9.17, 15) is 39.5 Å². The van der Waals surface area contributed by atoms with Crippen LogP contribution in [0.1, 0.15) is 0 Å². The Hall–Kier alpha value is -0.277. The molecule has 22 heteroatoms. The summed E-state index contributed by atoms with van der Waals surface area (Å²) in [4.78, 5) is 0. The fourth-order valence-corrected chi connectivity index (χ4v) is 0. The maximum atomic E-state index is 10.7. The smallest absolute Gasteiger partial charge is 0.741 e. The summed E-state index contributed by atoms with van der Waals surface area (Å²) in [7, 11) is -18.3. The van der Waals surface area contributed by atoms with Crippen LogP contribution in [0, 0.1) is 0 Å². The molecule has 0 heterocycles. The van der Waals surface area contributed by atoms with Crippen LogP contribution in [-0.2, 0) is 49.8 Å². The minimum atomic E-state index is -6.09. The molecule has 155 valence electrons. The van der Waals surface area contributed by atoms with Gasteiger partial charge in [-0.15, -0.1) is 0 Å². The molecule has 0 aromatic rings. The van der Waals surface area contributed by atoms with E-state index in [1.165, 1.54) is 0 Å². The number of halogens is 9. The van der Waals surface area contributed by atoms with Gasteiger partial charge in [-0.1, -0.05) is 0 Å². The minimum Gasteiger partial charge on any atom is -0.741 e. The van der Waals surface area contributed by atoms with Crippen molar-refractivity contribution in [2.75, 3.05) is 0 Å². The van der Waals surface area contributed by atoms with Crippen molar-refractivity contribution in [1.82, 2.24) is 0 Å². The average molecular weight is 548 g/mol. The monoisotopic (exact) mass is 549 g/mol. The molecule has 9 nitrogen and oxygen atoms in total. The van der Waals surface area contributed by atoms with Crippen LogP contribution in [0.2, 0.25) is 0 Å². The fraction of sp³-hybridized carbons (Fsp3) is 1.00. The number of alkyl halides is 9. The summed E-state index contributed by atoms with van der Waals surface area (Å²) in [5.41, 5.74) is -16.9. The van der Waals surface area contributed by atoms with Gasteiger partial charge in [0.2, 0.25) is 0 Å². The molecule has 0 spiro atoms. The zero-order valence-electron chi connectivity index (χ0n) is 10.2. The summed E-state index contributed by atoms with van der Waals surface area (Å²) in [5, 5.41) is 0. The number of rotatable bonds is 0. The fourth-order valence-electron chi connectivity index (χ4n) is 0. The predicted molar refractivity (Wildman–Crippen MR) is 47.3 cm³/mol. The van der Waals surface area contributed by atoms with Gasteiger partial charge in [0.25, 0.3) is 0 Å². The van der Waals surface area contributed by atoms with Crippen LogP contribution < -0.4 is 0 Å². The first kappa shape index (κ1) is 32.4. The van der Waals surface area contributed by atoms with Crippen molar-refractivity contribution in [2.24, 2.45) is 0 Å². The summed E-state index contributed by atoms with van der Waals surface area (Å²) in [6, 6.07) is 0. The molecule has 0 rings (SSSR count). The van der Waals surface area contributed by atoms with Gasteiger partial charge in [-0.25, -0.2) is 25.3 Å². The average Bonchev–Trinajstić information content (AvgIpc) is 2.08. The summed E-state index contributed by atoms with van der Waals surface area (Å²) < 4.78 is 177. The van der Waals surface area contributed by atoms with Gasteiger partial charge in [0.15, 0.2) is 30.4 Å². The third kappa shape index (κ3) is 15.7. The maximum absolute atomic E-state index is 10.7. The van der Waals surface area contributed by atoms with Gasteiger partial charge in [-0.2, -0.15) is 39.5 Å². The summed E-state index contributed by atoms with van der Waals surface area (Å²) in [5.74, 6) is 0. The third-order valence-electron chi connectivity index (χ3n) is 0.850. The van der Waals surface area contributed by atoms with Crippen molar-refractivity contribution in [3.63, 3.8) is 0 Å². The van der Waals surface area contributed by atoms with E-state index in [0.717, 1.165) is 0 Å². The van der Waals surface area contributed by atoms with Crippen LogP contribution in [0.25, 0.3) is 0 Å². The van der Waals surface area contributed by atoms with Crippen molar-refractivity contribution >= 4 is 30.4 Å². The Labute approximate surface area is 145 Å². The maximum Gasteiger partial charge on any atom is 3.00 e. The van der Waals surface area contributed by atoms with Gasteiger partial charge in [0.05, 0.1) is 0 Å². The van der Waals surface area contributed by atoms with Crippen molar-refractivity contribution in [1.29, 1.82) is 0 Å². The molecule has 0 saturated carbocycles. The molecule has 0 aromatic carbocycles. The first-order chi connectivity index (χ1) is 9.75. The quantitative estimate of drug-likeness (QED) is 0.177. The summed E-state index contributed by atoms with van der Waals surface area (Å²) in [6.45, 7) is 0. The Balaban J connectivity index is -0.000000130. The molecule has 0 saturated heterocycles. The summed E-state index contributed by atoms with van der Waals surface area (Å²) in [6.07, 6.45) is 0. The normalized spacial score (nSPS) is 13.4. The van der Waals surface area contributed by atoms with E-state index in [1.54, 1.807) is 0 Å². The minimum absolute atomic E-state index is 0. The predicted octanol–water partition coefficient (Wildman–Crippen LogP) is 0.152. The van der Waals surface area contributed by atoms with Crippen molar-refractivity contribution < 1.29 is 97.9 Å². The molecule has 0 aliphatic rings. The van der Waals surface area contributed by atoms with E-state index >= 15 is 0 Å². The molecular weight excluding hydrogens is 548 g/mol. The molecule has 0 amide bonds. The molecule has 0 atom stereocenters. The van der Waals surface area contributed by atoms with Crippen LogP contribution in [0.15, 0.2) is 0 Å². The van der Waals surface area contributed by atoms with Crippen molar-refractivity contribution in [3.05, 3.63) is 0 Å². The Morgan fingerprint density at radius 2 is 0.480 bits per heavy atom. The van der Waals surface area contributed by atoms with Gasteiger partial charge >= 0.3 is 36.0 Å². The van der Waals surface area contributed by atoms with Crippen LogP contribution in [0.4, 0.5) is 39.5 Å². The van der Waals surface area contributed by atoms with Gasteiger partial charge < -0.3 is 13.7 Å². The van der Waals surface area contributed by atoms with Crippen molar-refractivity contribution in [3.8, 4) is 0 Å². The van der Waals surface area contributed by atoms with E-state index in [0.29, 0.717) is 0 Å². The van der Waals surface area contributed by atoms with Crippen LogP contribution >= 0.6 is 0 Å². The van der Waals surface area contributed by atoms with E-state index in [2.05, 4.69) is 0 Å². The second-order valence-electron chi connectivity index (χ2n) is 2.70. The van der Waals surface area contributed by atoms with Gasteiger partial charge in [0, 0.05) is 0 Å². The zero-order valence-corrected chi connectivity index (χ0v) is 14.3. The van der Waals surface area contributed by atoms with Crippen LogP contribution in [0.3, 0.4) is 0 Å². The summed E-state index contributed by atoms with van der Waals surface area (Å²) >= 11 is 0. The van der Waals surface area contributed by atoms with E-state index in [4.69, 9.17) is 38.9 Å². The second-order valence-corrected chi connectivity index (χ2v) is 6.81. The molecular formula is C3F9O9RuS3. The zero-order chi connectivity index (χ0) is 21.0. The third-order valence-corrected chi connectivity index (χ3v) is 2.55. The molecule has 0 N–H and O–H groups in total. The number of hydrogen-bond donors (Lipinski definition) is 0. The Morgan fingerprint density at radius 1 is 0.440 bits per heavy atom. The topological polar surface area (TPSA) is 172 Å². The van der Waals surface area contributed by atoms with Gasteiger partial charge in [-0.05, 0) is 0 Å². The van der Waals surface area contributed by atoms with E-state index in [1.807, 2.05) is 0 Å². The van der Waals surface area contributed by atoms with Crippen LogP contribution in [-0.4, -0.2) is 55.4 Å². The first-order valence-corrected chi connectivity index (χ1v) is 8.04. The van der Waals surface area contributed by atoms with Gasteiger partial charge in [-0.3, -0.25) is 0 Å². The number of hydrogen-bond acceptors (Lipinski definition) is 9. The molecule has 0 bridgehead atoms. The van der Waals surface area contributed by atoms with E-state index < -0.39 is 46.9 Å². The molecule has 0 fully saturated rings. The van der Waals surface area contributed by atoms with Crippen molar-refractivity contribution in [2.45, 2.75) is 16.5 Å². The first-order valence-electron chi connectivity index (χ1n) is 3.81. The molecule has 25 heavy (non-hydrogen) atoms. The van der Waals surface area contributed by atoms with Crippen LogP contribution in [0.5, 0.6) is 0 Å². The largest absolute Gasteiger partial charge is 3.00 e. The SMILES string of the molecule is O=S(=O)([O-])C(F)(F)F.O=S(=O)([O-])C(F)(F)F.O=S(=O)([O-])C(F)(F)F.[Ru+3]. The van der Waals surface area contributed by atoms with E-state index in [-0.39, 0.29) is 19.5 Å². The molecule has 0 aliphatic carbocycles. The Bertz CT molecular complexity index is 596. The molecule has 1 radical (unpaired) electrons. The molecule has 0 aliphatic heterocycles. The molecule has 0 aromatic heterocycles. The standard InChI is InChI=1S/3CHF3O3S.Ru/c3*2-1(3,4)8(5,6)7;/h3*(H,5,6,7);/q;;;+3/p-3.